The molecule has 2 aromatic carbocycles. The van der Waals surface area contributed by atoms with Crippen LogP contribution in [-0.2, 0) is 17.9 Å². The van der Waals surface area contributed by atoms with Crippen LogP contribution in [0.1, 0.15) is 43.6 Å². The van der Waals surface area contributed by atoms with Gasteiger partial charge in [0.2, 0.25) is 5.91 Å². The lowest BCUT2D eigenvalue weighted by atomic mass is 10.0. The van der Waals surface area contributed by atoms with Crippen molar-refractivity contribution in [3.05, 3.63) is 63.4 Å². The van der Waals surface area contributed by atoms with Gasteiger partial charge in [0.1, 0.15) is 12.4 Å². The van der Waals surface area contributed by atoms with Gasteiger partial charge in [-0.05, 0) is 55.2 Å². The number of halogens is 2. The molecule has 1 amide bonds. The number of ether oxygens (including phenoxy) is 1. The van der Waals surface area contributed by atoms with Crippen LogP contribution in [0.15, 0.2) is 41.6 Å². The van der Waals surface area contributed by atoms with Crippen LogP contribution < -0.4 is 10.1 Å². The number of carbonyl (C=O) groups excluding carboxylic acids is 1. The second-order valence-electron chi connectivity index (χ2n) is 7.59. The average molecular weight is 493 g/mol. The molecule has 1 aromatic heterocycles. The Hall–Kier alpha value is -2.22. The van der Waals surface area contributed by atoms with E-state index in [1.807, 2.05) is 24.5 Å². The first-order chi connectivity index (χ1) is 15.3. The largest absolute Gasteiger partial charge is 0.485 e. The highest BCUT2D eigenvalue weighted by Gasteiger charge is 2.16. The van der Waals surface area contributed by atoms with E-state index in [0.717, 1.165) is 16.9 Å². The minimum Gasteiger partial charge on any atom is -0.485 e. The summed E-state index contributed by atoms with van der Waals surface area (Å²) >= 11 is 13.4. The maximum absolute atomic E-state index is 12.4. The topological polar surface area (TPSA) is 69.0 Å². The molecule has 0 fully saturated rings. The Morgan fingerprint density at radius 2 is 1.97 bits per heavy atom. The molecule has 6 nitrogen and oxygen atoms in total. The molecule has 1 N–H and O–H groups in total. The third-order valence-electron chi connectivity index (χ3n) is 4.79. The summed E-state index contributed by atoms with van der Waals surface area (Å²) in [7, 11) is 0. The SMILES string of the molecule is CCn1c(COc2cc(C)ccc2C(C)C)nnc1SCC(=O)Nc1cc(Cl)ccc1Cl. The Kier molecular flexibility index (Phi) is 8.45. The molecule has 9 heteroatoms. The molecular weight excluding hydrogens is 467 g/mol. The van der Waals surface area contributed by atoms with Crippen LogP contribution in [0, 0.1) is 6.92 Å². The highest BCUT2D eigenvalue weighted by molar-refractivity contribution is 7.99. The Morgan fingerprint density at radius 1 is 1.19 bits per heavy atom. The van der Waals surface area contributed by atoms with Crippen molar-refractivity contribution in [2.24, 2.45) is 0 Å². The van der Waals surface area contributed by atoms with Crippen LogP contribution in [-0.4, -0.2) is 26.4 Å². The standard InChI is InChI=1S/C23H26Cl2N4O2S/c1-5-29-21(12-31-20-10-15(4)6-8-17(20)14(2)3)27-28-23(29)32-13-22(30)26-19-11-16(24)7-9-18(19)25/h6-11,14H,5,12-13H2,1-4H3,(H,26,30). The lowest BCUT2D eigenvalue weighted by molar-refractivity contribution is -0.113. The van der Waals surface area contributed by atoms with E-state index in [0.29, 0.717) is 45.8 Å². The highest BCUT2D eigenvalue weighted by atomic mass is 35.5. The molecule has 0 aliphatic rings. The minimum absolute atomic E-state index is 0.164. The number of aromatic nitrogens is 3. The van der Waals surface area contributed by atoms with E-state index in [1.165, 1.54) is 11.8 Å². The molecule has 0 spiro atoms. The second kappa shape index (κ2) is 11.1. The highest BCUT2D eigenvalue weighted by Crippen LogP contribution is 2.29. The zero-order valence-corrected chi connectivity index (χ0v) is 20.8. The zero-order chi connectivity index (χ0) is 23.3. The van der Waals surface area contributed by atoms with Gasteiger partial charge < -0.3 is 14.6 Å². The fourth-order valence-electron chi connectivity index (χ4n) is 3.15. The van der Waals surface area contributed by atoms with Crippen LogP contribution in [0.3, 0.4) is 0 Å². The number of rotatable bonds is 9. The minimum atomic E-state index is -0.205. The predicted molar refractivity (Wildman–Crippen MR) is 131 cm³/mol. The van der Waals surface area contributed by atoms with Crippen molar-refractivity contribution in [2.45, 2.75) is 51.9 Å². The molecule has 0 bridgehead atoms. The monoisotopic (exact) mass is 492 g/mol. The normalized spacial score (nSPS) is 11.1. The molecule has 0 aliphatic heterocycles. The Labute approximate surface area is 202 Å². The number of benzene rings is 2. The van der Waals surface area contributed by atoms with E-state index in [4.69, 9.17) is 27.9 Å². The summed E-state index contributed by atoms with van der Waals surface area (Å²) in [6.45, 7) is 9.30. The first kappa shape index (κ1) is 24.4. The molecule has 0 saturated heterocycles. The predicted octanol–water partition coefficient (Wildman–Crippen LogP) is 6.35. The van der Waals surface area contributed by atoms with Gasteiger partial charge in [0.15, 0.2) is 11.0 Å². The molecule has 1 heterocycles. The number of carbonyl (C=O) groups is 1. The Balaban J connectivity index is 1.64. The molecule has 170 valence electrons. The number of anilines is 1. The number of hydrogen-bond acceptors (Lipinski definition) is 5. The summed E-state index contributed by atoms with van der Waals surface area (Å²) in [4.78, 5) is 12.4. The maximum Gasteiger partial charge on any atom is 0.234 e. The van der Waals surface area contributed by atoms with Gasteiger partial charge in [-0.3, -0.25) is 4.79 Å². The summed E-state index contributed by atoms with van der Waals surface area (Å²) in [5.74, 6) is 1.88. The number of thioether (sulfide) groups is 1. The van der Waals surface area contributed by atoms with Crippen LogP contribution in [0.25, 0.3) is 0 Å². The van der Waals surface area contributed by atoms with Crippen LogP contribution in [0.2, 0.25) is 10.0 Å². The van der Waals surface area contributed by atoms with Crippen molar-refractivity contribution in [2.75, 3.05) is 11.1 Å². The van der Waals surface area contributed by atoms with E-state index < -0.39 is 0 Å². The smallest absolute Gasteiger partial charge is 0.234 e. The van der Waals surface area contributed by atoms with E-state index in [9.17, 15) is 4.79 Å². The molecule has 0 atom stereocenters. The molecular formula is C23H26Cl2N4O2S. The number of aryl methyl sites for hydroxylation is 1. The molecule has 3 aromatic rings. The van der Waals surface area contributed by atoms with Gasteiger partial charge in [-0.15, -0.1) is 10.2 Å². The quantitative estimate of drug-likeness (QED) is 0.352. The fourth-order valence-corrected chi connectivity index (χ4v) is 4.30. The lowest BCUT2D eigenvalue weighted by Crippen LogP contribution is -2.15. The molecule has 32 heavy (non-hydrogen) atoms. The van der Waals surface area contributed by atoms with Crippen LogP contribution in [0.5, 0.6) is 5.75 Å². The Bertz CT molecular complexity index is 1100. The van der Waals surface area contributed by atoms with Gasteiger partial charge in [0.05, 0.1) is 16.5 Å². The van der Waals surface area contributed by atoms with Crippen molar-refractivity contribution in [1.29, 1.82) is 0 Å². The molecule has 0 aliphatic carbocycles. The first-order valence-corrected chi connectivity index (χ1v) is 12.1. The van der Waals surface area contributed by atoms with E-state index in [2.05, 4.69) is 41.5 Å². The molecule has 0 unspecified atom stereocenters. The van der Waals surface area contributed by atoms with E-state index >= 15 is 0 Å². The van der Waals surface area contributed by atoms with Gasteiger partial charge in [-0.1, -0.05) is 60.9 Å². The number of nitrogens with zero attached hydrogens (tertiary/aromatic N) is 3. The maximum atomic E-state index is 12.4. The Morgan fingerprint density at radius 3 is 2.69 bits per heavy atom. The molecule has 0 saturated carbocycles. The van der Waals surface area contributed by atoms with Crippen molar-refractivity contribution >= 4 is 46.6 Å². The summed E-state index contributed by atoms with van der Waals surface area (Å²) in [6, 6.07) is 11.2. The fraction of sp³-hybridized carbons (Fsp3) is 0.348. The summed E-state index contributed by atoms with van der Waals surface area (Å²) in [5, 5.41) is 12.9. The van der Waals surface area contributed by atoms with Gasteiger partial charge in [0, 0.05) is 11.6 Å². The molecule has 0 radical (unpaired) electrons. The van der Waals surface area contributed by atoms with E-state index in [1.54, 1.807) is 18.2 Å². The van der Waals surface area contributed by atoms with Gasteiger partial charge in [-0.2, -0.15) is 0 Å². The van der Waals surface area contributed by atoms with Gasteiger partial charge in [-0.25, -0.2) is 0 Å². The van der Waals surface area contributed by atoms with Gasteiger partial charge in [0.25, 0.3) is 0 Å². The average Bonchev–Trinajstić information content (AvgIpc) is 3.15. The summed E-state index contributed by atoms with van der Waals surface area (Å²) < 4.78 is 8.06. The lowest BCUT2D eigenvalue weighted by Gasteiger charge is -2.15. The number of hydrogen-bond donors (Lipinski definition) is 1. The zero-order valence-electron chi connectivity index (χ0n) is 18.5. The third kappa shape index (κ3) is 6.18. The summed E-state index contributed by atoms with van der Waals surface area (Å²) in [6.07, 6.45) is 0. The van der Waals surface area contributed by atoms with Crippen molar-refractivity contribution in [3.8, 4) is 5.75 Å². The van der Waals surface area contributed by atoms with Crippen molar-refractivity contribution in [3.63, 3.8) is 0 Å². The van der Waals surface area contributed by atoms with Crippen LogP contribution >= 0.6 is 35.0 Å². The van der Waals surface area contributed by atoms with Crippen LogP contribution in [0.4, 0.5) is 5.69 Å². The summed E-state index contributed by atoms with van der Waals surface area (Å²) in [5.41, 5.74) is 2.78. The number of amides is 1. The van der Waals surface area contributed by atoms with Crippen molar-refractivity contribution in [1.82, 2.24) is 14.8 Å². The molecule has 3 rings (SSSR count). The second-order valence-corrected chi connectivity index (χ2v) is 9.37. The number of nitrogens with one attached hydrogen (secondary N) is 1. The van der Waals surface area contributed by atoms with Gasteiger partial charge >= 0.3 is 0 Å². The third-order valence-corrected chi connectivity index (χ3v) is 6.32. The van der Waals surface area contributed by atoms with Crippen molar-refractivity contribution < 1.29 is 9.53 Å². The first-order valence-electron chi connectivity index (χ1n) is 10.3. The van der Waals surface area contributed by atoms with E-state index in [-0.39, 0.29) is 11.7 Å².